The maximum atomic E-state index is 12.2. The molecule has 0 aromatic heterocycles. The van der Waals surface area contributed by atoms with Crippen LogP contribution in [-0.4, -0.2) is 45.9 Å². The van der Waals surface area contributed by atoms with Crippen LogP contribution < -0.4 is 19.5 Å². The lowest BCUT2D eigenvalue weighted by Gasteiger charge is -2.34. The van der Waals surface area contributed by atoms with Crippen molar-refractivity contribution in [3.63, 3.8) is 0 Å². The third-order valence-corrected chi connectivity index (χ3v) is 5.49. The van der Waals surface area contributed by atoms with Gasteiger partial charge >= 0.3 is 5.97 Å². The number of hydrogen-bond acceptors (Lipinski definition) is 6. The van der Waals surface area contributed by atoms with Crippen molar-refractivity contribution in [3.8, 4) is 17.2 Å². The fourth-order valence-electron chi connectivity index (χ4n) is 3.64. The number of carbonyl (C=O) groups is 2. The molecule has 0 saturated heterocycles. The molecule has 0 aliphatic heterocycles. The molecular weight excluding hydrogens is 362 g/mol. The Kier molecular flexibility index (Phi) is 7.96. The minimum atomic E-state index is -0.491. The van der Waals surface area contributed by atoms with E-state index in [4.69, 9.17) is 18.9 Å². The van der Waals surface area contributed by atoms with Crippen LogP contribution in [-0.2, 0) is 20.7 Å². The second-order valence-corrected chi connectivity index (χ2v) is 7.31. The first-order valence-corrected chi connectivity index (χ1v) is 9.63. The Morgan fingerprint density at radius 2 is 1.68 bits per heavy atom. The van der Waals surface area contributed by atoms with E-state index in [1.54, 1.807) is 12.1 Å². The Bertz CT molecular complexity index is 664. The molecule has 1 fully saturated rings. The van der Waals surface area contributed by atoms with E-state index in [-0.39, 0.29) is 25.0 Å². The minimum Gasteiger partial charge on any atom is -0.493 e. The molecule has 1 aliphatic rings. The summed E-state index contributed by atoms with van der Waals surface area (Å²) in [5.74, 6) is 1.64. The molecule has 1 amide bonds. The number of rotatable bonds is 8. The summed E-state index contributed by atoms with van der Waals surface area (Å²) < 4.78 is 21.0. The van der Waals surface area contributed by atoms with Gasteiger partial charge in [-0.25, -0.2) is 0 Å². The average molecular weight is 393 g/mol. The van der Waals surface area contributed by atoms with Crippen LogP contribution in [0.2, 0.25) is 0 Å². The third kappa shape index (κ3) is 5.53. The van der Waals surface area contributed by atoms with Crippen LogP contribution in [0.3, 0.4) is 0 Å². The van der Waals surface area contributed by atoms with Gasteiger partial charge in [0, 0.05) is 6.04 Å². The lowest BCUT2D eigenvalue weighted by molar-refractivity contribution is -0.148. The van der Waals surface area contributed by atoms with Gasteiger partial charge < -0.3 is 24.3 Å². The molecule has 7 heteroatoms. The Labute approximate surface area is 166 Å². The van der Waals surface area contributed by atoms with E-state index in [1.807, 2.05) is 0 Å². The van der Waals surface area contributed by atoms with Gasteiger partial charge in [-0.15, -0.1) is 0 Å². The molecule has 7 nitrogen and oxygen atoms in total. The predicted molar refractivity (Wildman–Crippen MR) is 105 cm³/mol. The van der Waals surface area contributed by atoms with Gasteiger partial charge in [0.15, 0.2) is 18.1 Å². The molecule has 0 heterocycles. The molecule has 28 heavy (non-hydrogen) atoms. The van der Waals surface area contributed by atoms with E-state index in [0.717, 1.165) is 12.8 Å². The summed E-state index contributed by atoms with van der Waals surface area (Å²) in [6, 6.07) is 3.52. The topological polar surface area (TPSA) is 83.1 Å². The van der Waals surface area contributed by atoms with Crippen molar-refractivity contribution in [2.45, 2.75) is 45.6 Å². The highest BCUT2D eigenvalue weighted by molar-refractivity contribution is 5.81. The van der Waals surface area contributed by atoms with Gasteiger partial charge in [0.25, 0.3) is 5.91 Å². The van der Waals surface area contributed by atoms with Gasteiger partial charge in [-0.2, -0.15) is 0 Å². The maximum Gasteiger partial charge on any atom is 0.310 e. The molecule has 1 N–H and O–H groups in total. The summed E-state index contributed by atoms with van der Waals surface area (Å²) in [5, 5.41) is 3.00. The van der Waals surface area contributed by atoms with Crippen LogP contribution in [0.5, 0.6) is 17.2 Å². The summed E-state index contributed by atoms with van der Waals surface area (Å²) in [7, 11) is 4.54. The zero-order chi connectivity index (χ0) is 20.7. The Hall–Kier alpha value is -2.44. The van der Waals surface area contributed by atoms with Gasteiger partial charge in [0.2, 0.25) is 5.75 Å². The van der Waals surface area contributed by atoms with Gasteiger partial charge in [-0.3, -0.25) is 9.59 Å². The minimum absolute atomic E-state index is 0.000853. The second-order valence-electron chi connectivity index (χ2n) is 7.31. The molecule has 3 atom stereocenters. The molecule has 156 valence electrons. The fourth-order valence-corrected chi connectivity index (χ4v) is 3.64. The molecule has 1 saturated carbocycles. The normalized spacial score (nSPS) is 21.5. The second kappa shape index (κ2) is 10.2. The number of benzene rings is 1. The molecule has 0 bridgehead atoms. The number of carbonyl (C=O) groups excluding carboxylic acids is 2. The first kappa shape index (κ1) is 21.9. The van der Waals surface area contributed by atoms with Crippen LogP contribution in [0, 0.1) is 11.8 Å². The molecule has 0 spiro atoms. The standard InChI is InChI=1S/C21H31NO6/c1-13-7-6-8-16(14(13)2)22-19(23)12-28-20(24)11-15-9-17(25-3)21(27-5)18(10-15)26-4/h9-10,13-14,16H,6-8,11-12H2,1-5H3,(H,22,23)/t13-,14-,16+/m0/s1. The van der Waals surface area contributed by atoms with Crippen molar-refractivity contribution < 1.29 is 28.5 Å². The first-order valence-electron chi connectivity index (χ1n) is 9.63. The van der Waals surface area contributed by atoms with Crippen molar-refractivity contribution in [3.05, 3.63) is 17.7 Å². The first-order chi connectivity index (χ1) is 13.4. The van der Waals surface area contributed by atoms with Crippen molar-refractivity contribution in [2.24, 2.45) is 11.8 Å². The smallest absolute Gasteiger partial charge is 0.310 e. The number of hydrogen-bond donors (Lipinski definition) is 1. The molecule has 0 radical (unpaired) electrons. The van der Waals surface area contributed by atoms with E-state index in [9.17, 15) is 9.59 Å². The number of esters is 1. The monoisotopic (exact) mass is 393 g/mol. The molecule has 1 aromatic rings. The van der Waals surface area contributed by atoms with E-state index in [1.165, 1.54) is 27.8 Å². The van der Waals surface area contributed by atoms with Gasteiger partial charge in [0.05, 0.1) is 27.8 Å². The fraction of sp³-hybridized carbons (Fsp3) is 0.619. The number of nitrogens with one attached hydrogen (secondary N) is 1. The molecular formula is C21H31NO6. The average Bonchev–Trinajstić information content (AvgIpc) is 2.69. The van der Waals surface area contributed by atoms with Crippen LogP contribution >= 0.6 is 0 Å². The molecule has 0 unspecified atom stereocenters. The van der Waals surface area contributed by atoms with Crippen molar-refractivity contribution in [1.29, 1.82) is 0 Å². The Balaban J connectivity index is 1.89. The van der Waals surface area contributed by atoms with Crippen molar-refractivity contribution in [1.82, 2.24) is 5.32 Å². The zero-order valence-corrected chi connectivity index (χ0v) is 17.4. The van der Waals surface area contributed by atoms with E-state index in [2.05, 4.69) is 19.2 Å². The SMILES string of the molecule is COc1cc(CC(=O)OCC(=O)N[C@@H]2CCC[C@H](C)[C@@H]2C)cc(OC)c1OC. The van der Waals surface area contributed by atoms with E-state index in [0.29, 0.717) is 34.6 Å². The lowest BCUT2D eigenvalue weighted by atomic mass is 9.78. The Morgan fingerprint density at radius 3 is 2.25 bits per heavy atom. The summed E-state index contributed by atoms with van der Waals surface area (Å²) in [4.78, 5) is 24.3. The summed E-state index contributed by atoms with van der Waals surface area (Å²) in [6.07, 6.45) is 3.27. The quantitative estimate of drug-likeness (QED) is 0.684. The maximum absolute atomic E-state index is 12.2. The van der Waals surface area contributed by atoms with E-state index >= 15 is 0 Å². The summed E-state index contributed by atoms with van der Waals surface area (Å²) in [5.41, 5.74) is 0.648. The zero-order valence-electron chi connectivity index (χ0n) is 17.4. The Morgan fingerprint density at radius 1 is 1.04 bits per heavy atom. The van der Waals surface area contributed by atoms with Crippen LogP contribution in [0.15, 0.2) is 12.1 Å². The van der Waals surface area contributed by atoms with Gasteiger partial charge in [0.1, 0.15) is 0 Å². The van der Waals surface area contributed by atoms with Crippen molar-refractivity contribution in [2.75, 3.05) is 27.9 Å². The highest BCUT2D eigenvalue weighted by Crippen LogP contribution is 2.38. The molecule has 2 rings (SSSR count). The summed E-state index contributed by atoms with van der Waals surface area (Å²) in [6.45, 7) is 4.09. The van der Waals surface area contributed by atoms with E-state index < -0.39 is 5.97 Å². The number of methoxy groups -OCH3 is 3. The highest BCUT2D eigenvalue weighted by atomic mass is 16.5. The molecule has 1 aliphatic carbocycles. The van der Waals surface area contributed by atoms with Crippen LogP contribution in [0.4, 0.5) is 0 Å². The summed E-state index contributed by atoms with van der Waals surface area (Å²) >= 11 is 0. The van der Waals surface area contributed by atoms with Crippen molar-refractivity contribution >= 4 is 11.9 Å². The number of amides is 1. The number of ether oxygens (including phenoxy) is 4. The third-order valence-electron chi connectivity index (χ3n) is 5.49. The lowest BCUT2D eigenvalue weighted by Crippen LogP contribution is -2.45. The molecule has 1 aromatic carbocycles. The van der Waals surface area contributed by atoms with Gasteiger partial charge in [-0.1, -0.05) is 26.7 Å². The van der Waals surface area contributed by atoms with Gasteiger partial charge in [-0.05, 0) is 36.0 Å². The predicted octanol–water partition coefficient (Wildman–Crippen LogP) is 2.74. The highest BCUT2D eigenvalue weighted by Gasteiger charge is 2.28. The largest absolute Gasteiger partial charge is 0.493 e. The van der Waals surface area contributed by atoms with Crippen LogP contribution in [0.1, 0.15) is 38.7 Å². The van der Waals surface area contributed by atoms with Crippen LogP contribution in [0.25, 0.3) is 0 Å².